The quantitative estimate of drug-likeness (QED) is 0.568. The molecule has 0 saturated heterocycles. The summed E-state index contributed by atoms with van der Waals surface area (Å²) >= 11 is 0. The van der Waals surface area contributed by atoms with E-state index in [4.69, 9.17) is 4.74 Å². The summed E-state index contributed by atoms with van der Waals surface area (Å²) in [5.74, 6) is 5.49. The Morgan fingerprint density at radius 2 is 1.77 bits per heavy atom. The summed E-state index contributed by atoms with van der Waals surface area (Å²) in [7, 11) is -2.12. The monoisotopic (exact) mass is 372 g/mol. The van der Waals surface area contributed by atoms with Crippen LogP contribution in [0.1, 0.15) is 15.9 Å². The number of carbonyl (C=O) groups excluding carboxylic acids is 1. The van der Waals surface area contributed by atoms with Gasteiger partial charge >= 0.3 is 0 Å². The van der Waals surface area contributed by atoms with Gasteiger partial charge in [-0.2, -0.15) is 0 Å². The van der Waals surface area contributed by atoms with Crippen LogP contribution in [-0.4, -0.2) is 41.1 Å². The number of amides is 1. The van der Waals surface area contributed by atoms with E-state index in [0.717, 1.165) is 5.56 Å². The van der Waals surface area contributed by atoms with E-state index in [2.05, 4.69) is 21.9 Å². The van der Waals surface area contributed by atoms with E-state index in [0.29, 0.717) is 5.56 Å². The Bertz CT molecular complexity index is 883. The number of ether oxygens (including phenoxy) is 1. The molecule has 0 saturated carbocycles. The maximum Gasteiger partial charge on any atom is 0.252 e. The molecule has 0 aromatic heterocycles. The van der Waals surface area contributed by atoms with Crippen LogP contribution in [0.25, 0.3) is 0 Å². The predicted molar refractivity (Wildman–Crippen MR) is 99.2 cm³/mol. The third-order valence-electron chi connectivity index (χ3n) is 3.37. The lowest BCUT2D eigenvalue weighted by molar-refractivity contribution is 0.0958. The van der Waals surface area contributed by atoms with Crippen LogP contribution >= 0.6 is 0 Å². The van der Waals surface area contributed by atoms with Crippen molar-refractivity contribution in [2.45, 2.75) is 4.90 Å². The molecule has 2 aromatic rings. The summed E-state index contributed by atoms with van der Waals surface area (Å²) in [5, 5.41) is 2.68. The zero-order valence-electron chi connectivity index (χ0n) is 14.4. The first-order chi connectivity index (χ1) is 12.5. The van der Waals surface area contributed by atoms with Crippen molar-refractivity contribution < 1.29 is 17.9 Å². The van der Waals surface area contributed by atoms with Gasteiger partial charge in [-0.1, -0.05) is 30.0 Å². The highest BCUT2D eigenvalue weighted by Crippen LogP contribution is 2.10. The highest BCUT2D eigenvalue weighted by molar-refractivity contribution is 7.89. The molecule has 136 valence electrons. The van der Waals surface area contributed by atoms with Gasteiger partial charge in [-0.3, -0.25) is 4.79 Å². The molecule has 0 bridgehead atoms. The van der Waals surface area contributed by atoms with Gasteiger partial charge in [0, 0.05) is 24.8 Å². The van der Waals surface area contributed by atoms with E-state index in [9.17, 15) is 13.2 Å². The van der Waals surface area contributed by atoms with Gasteiger partial charge in [0.1, 0.15) is 0 Å². The van der Waals surface area contributed by atoms with Crippen LogP contribution in [0.5, 0.6) is 0 Å². The lowest BCUT2D eigenvalue weighted by atomic mass is 10.2. The first-order valence-corrected chi connectivity index (χ1v) is 9.42. The number of nitrogens with one attached hydrogen (secondary N) is 2. The number of sulfonamides is 1. The summed E-state index contributed by atoms with van der Waals surface area (Å²) in [6, 6.07) is 15.2. The Labute approximate surface area is 153 Å². The number of hydrogen-bond donors (Lipinski definition) is 2. The molecule has 0 unspecified atom stereocenters. The molecule has 26 heavy (non-hydrogen) atoms. The fourth-order valence-corrected chi connectivity index (χ4v) is 3.05. The number of methoxy groups -OCH3 is 1. The van der Waals surface area contributed by atoms with Crippen molar-refractivity contribution in [3.8, 4) is 11.8 Å². The molecule has 2 aromatic carbocycles. The summed E-state index contributed by atoms with van der Waals surface area (Å²) in [6.07, 6.45) is 0. The standard InChI is InChI=1S/C19H20N2O4S/c1-25-15-14-21-26(23,24)18-11-9-17(10-12-18)19(22)20-13-5-8-16-6-3-2-4-7-16/h2-4,6-7,9-12,21H,13-15H2,1H3,(H,20,22). The van der Waals surface area contributed by atoms with Gasteiger partial charge in [-0.05, 0) is 36.4 Å². The molecule has 0 radical (unpaired) electrons. The molecule has 2 N–H and O–H groups in total. The molecule has 0 aliphatic rings. The van der Waals surface area contributed by atoms with Gasteiger partial charge < -0.3 is 10.1 Å². The molecule has 1 amide bonds. The van der Waals surface area contributed by atoms with Crippen LogP contribution in [0.4, 0.5) is 0 Å². The molecule has 2 rings (SSSR count). The van der Waals surface area contributed by atoms with Crippen molar-refractivity contribution in [1.82, 2.24) is 10.0 Å². The number of rotatable bonds is 7. The fourth-order valence-electron chi connectivity index (χ4n) is 2.04. The number of hydrogen-bond acceptors (Lipinski definition) is 4. The Hall–Kier alpha value is -2.66. The van der Waals surface area contributed by atoms with Gasteiger partial charge in [0.05, 0.1) is 18.0 Å². The van der Waals surface area contributed by atoms with E-state index < -0.39 is 10.0 Å². The minimum absolute atomic E-state index is 0.0917. The van der Waals surface area contributed by atoms with Crippen LogP contribution in [0.15, 0.2) is 59.5 Å². The van der Waals surface area contributed by atoms with Crippen LogP contribution in [0.2, 0.25) is 0 Å². The second kappa shape index (κ2) is 9.73. The second-order valence-electron chi connectivity index (χ2n) is 5.27. The lowest BCUT2D eigenvalue weighted by Crippen LogP contribution is -2.27. The normalized spacial score (nSPS) is 10.7. The fraction of sp³-hybridized carbons (Fsp3) is 0.211. The molecule has 6 nitrogen and oxygen atoms in total. The first kappa shape index (κ1) is 19.7. The third kappa shape index (κ3) is 6.01. The van der Waals surface area contributed by atoms with Crippen LogP contribution in [0, 0.1) is 11.8 Å². The van der Waals surface area contributed by atoms with E-state index in [-0.39, 0.29) is 30.5 Å². The highest BCUT2D eigenvalue weighted by Gasteiger charge is 2.14. The van der Waals surface area contributed by atoms with Crippen molar-refractivity contribution in [3.05, 3.63) is 65.7 Å². The van der Waals surface area contributed by atoms with Gasteiger partial charge in [-0.15, -0.1) is 0 Å². The molecule has 0 aliphatic heterocycles. The zero-order valence-corrected chi connectivity index (χ0v) is 15.2. The summed E-state index contributed by atoms with van der Waals surface area (Å²) in [5.41, 5.74) is 1.24. The van der Waals surface area contributed by atoms with Gasteiger partial charge in [0.2, 0.25) is 10.0 Å². The SMILES string of the molecule is COCCNS(=O)(=O)c1ccc(C(=O)NCC#Cc2ccccc2)cc1. The number of benzene rings is 2. The molecule has 0 heterocycles. The van der Waals surface area contributed by atoms with Gasteiger partial charge in [0.15, 0.2) is 0 Å². The van der Waals surface area contributed by atoms with Crippen LogP contribution in [0.3, 0.4) is 0 Å². The van der Waals surface area contributed by atoms with Gasteiger partial charge in [-0.25, -0.2) is 13.1 Å². The topological polar surface area (TPSA) is 84.5 Å². The van der Waals surface area contributed by atoms with E-state index in [1.165, 1.54) is 31.4 Å². The first-order valence-electron chi connectivity index (χ1n) is 7.94. The smallest absolute Gasteiger partial charge is 0.252 e. The second-order valence-corrected chi connectivity index (χ2v) is 7.03. The number of carbonyl (C=O) groups is 1. The Balaban J connectivity index is 1.91. The Morgan fingerprint density at radius 3 is 2.42 bits per heavy atom. The Morgan fingerprint density at radius 1 is 1.08 bits per heavy atom. The Kier molecular flexibility index (Phi) is 7.36. The maximum atomic E-state index is 12.1. The summed E-state index contributed by atoms with van der Waals surface area (Å²) in [4.78, 5) is 12.2. The average Bonchev–Trinajstić information content (AvgIpc) is 2.66. The van der Waals surface area contributed by atoms with Crippen molar-refractivity contribution in [2.75, 3.05) is 26.8 Å². The van der Waals surface area contributed by atoms with E-state index in [1.807, 2.05) is 30.3 Å². The van der Waals surface area contributed by atoms with E-state index in [1.54, 1.807) is 0 Å². The predicted octanol–water partition coefficient (Wildman–Crippen LogP) is 1.39. The van der Waals surface area contributed by atoms with Crippen LogP contribution < -0.4 is 10.0 Å². The average molecular weight is 372 g/mol. The molecular formula is C19H20N2O4S. The minimum atomic E-state index is -3.61. The minimum Gasteiger partial charge on any atom is -0.383 e. The summed E-state index contributed by atoms with van der Waals surface area (Å²) < 4.78 is 31.3. The van der Waals surface area contributed by atoms with Gasteiger partial charge in [0.25, 0.3) is 5.91 Å². The molecule has 7 heteroatoms. The molecule has 0 spiro atoms. The van der Waals surface area contributed by atoms with Crippen molar-refractivity contribution in [1.29, 1.82) is 0 Å². The largest absolute Gasteiger partial charge is 0.383 e. The zero-order chi connectivity index (χ0) is 18.8. The van der Waals surface area contributed by atoms with Crippen molar-refractivity contribution >= 4 is 15.9 Å². The van der Waals surface area contributed by atoms with Crippen molar-refractivity contribution in [3.63, 3.8) is 0 Å². The van der Waals surface area contributed by atoms with Crippen LogP contribution in [-0.2, 0) is 14.8 Å². The highest BCUT2D eigenvalue weighted by atomic mass is 32.2. The molecule has 0 atom stereocenters. The molecular weight excluding hydrogens is 352 g/mol. The summed E-state index contributed by atoms with van der Waals surface area (Å²) in [6.45, 7) is 0.664. The molecule has 0 fully saturated rings. The third-order valence-corrected chi connectivity index (χ3v) is 4.85. The maximum absolute atomic E-state index is 12.1. The van der Waals surface area contributed by atoms with Crippen molar-refractivity contribution in [2.24, 2.45) is 0 Å². The van der Waals surface area contributed by atoms with E-state index >= 15 is 0 Å². The lowest BCUT2D eigenvalue weighted by Gasteiger charge is -2.07. The molecule has 0 aliphatic carbocycles.